The maximum atomic E-state index is 13.1. The third-order valence-electron chi connectivity index (χ3n) is 4.95. The van der Waals surface area contributed by atoms with Crippen molar-refractivity contribution in [3.63, 3.8) is 0 Å². The summed E-state index contributed by atoms with van der Waals surface area (Å²) in [6, 6.07) is -2.82. The van der Waals surface area contributed by atoms with Gasteiger partial charge in [-0.15, -0.1) is 16.4 Å². The van der Waals surface area contributed by atoms with Crippen molar-refractivity contribution >= 4 is 56.2 Å². The maximum absolute atomic E-state index is 13.1. The average molecular weight is 574 g/mol. The molecule has 9 N–H and O–H groups in total. The van der Waals surface area contributed by atoms with Gasteiger partial charge >= 0.3 is 16.3 Å². The molecule has 1 saturated heterocycles. The molecule has 0 spiro atoms. The van der Waals surface area contributed by atoms with Gasteiger partial charge in [-0.05, 0) is 13.8 Å². The first kappa shape index (κ1) is 28.2. The topological polar surface area (TPSA) is 297 Å². The van der Waals surface area contributed by atoms with Crippen molar-refractivity contribution in [2.24, 2.45) is 21.6 Å². The number of carbonyl (C=O) groups is 3. The fourth-order valence-corrected chi connectivity index (χ4v) is 4.43. The maximum Gasteiger partial charge on any atom is 0.362 e. The lowest BCUT2D eigenvalue weighted by molar-refractivity contribution is -0.161. The average Bonchev–Trinajstić information content (AvgIpc) is 3.43. The molecule has 1 fully saturated rings. The molecule has 0 unspecified atom stereocenters. The number of anilines is 1. The first-order valence-corrected chi connectivity index (χ1v) is 12.6. The van der Waals surface area contributed by atoms with Gasteiger partial charge in [0.1, 0.15) is 17.4 Å². The Morgan fingerprint density at radius 1 is 1.34 bits per heavy atom. The SMILES string of the molecule is CC(C)(ON=C(C(=O)N[C@@H]1C(=O)N(S(=O)(=O)O)[C@H]1Cn1cc(CN=C(N)N)nn1)c1csc(N)n1)C(=O)O. The molecule has 19 nitrogen and oxygen atoms in total. The number of guanidine groups is 1. The van der Waals surface area contributed by atoms with Crippen LogP contribution in [0.3, 0.4) is 0 Å². The number of aliphatic carboxylic acids is 1. The number of aliphatic imine (C=N–C) groups is 1. The van der Waals surface area contributed by atoms with E-state index in [0.717, 1.165) is 16.0 Å². The van der Waals surface area contributed by atoms with Crippen molar-refractivity contribution in [2.45, 2.75) is 44.6 Å². The number of hydrogen-bond donors (Lipinski definition) is 6. The van der Waals surface area contributed by atoms with Crippen LogP contribution in [0.1, 0.15) is 25.2 Å². The van der Waals surface area contributed by atoms with Crippen LogP contribution < -0.4 is 22.5 Å². The molecular weight excluding hydrogens is 550 g/mol. The van der Waals surface area contributed by atoms with E-state index in [9.17, 15) is 32.5 Å². The number of carboxylic acid groups (broad SMARTS) is 1. The molecule has 2 atom stereocenters. The van der Waals surface area contributed by atoms with Crippen LogP contribution in [0.15, 0.2) is 21.7 Å². The Kier molecular flexibility index (Phi) is 7.83. The number of nitrogens with zero attached hydrogens (tertiary/aromatic N) is 7. The van der Waals surface area contributed by atoms with Gasteiger partial charge in [-0.25, -0.2) is 23.8 Å². The molecule has 38 heavy (non-hydrogen) atoms. The van der Waals surface area contributed by atoms with Gasteiger partial charge in [-0.1, -0.05) is 10.4 Å². The number of aromatic nitrogens is 4. The number of hydrogen-bond acceptors (Lipinski definition) is 13. The minimum absolute atomic E-state index is 0.0304. The van der Waals surface area contributed by atoms with Crippen molar-refractivity contribution < 1.29 is 37.3 Å². The summed E-state index contributed by atoms with van der Waals surface area (Å²) >= 11 is 0.946. The lowest BCUT2D eigenvalue weighted by Crippen LogP contribution is -2.73. The van der Waals surface area contributed by atoms with Gasteiger partial charge in [0.25, 0.3) is 11.8 Å². The van der Waals surface area contributed by atoms with Crippen molar-refractivity contribution in [2.75, 3.05) is 5.73 Å². The van der Waals surface area contributed by atoms with Crippen LogP contribution in [0.4, 0.5) is 5.13 Å². The molecule has 0 bridgehead atoms. The summed E-state index contributed by atoms with van der Waals surface area (Å²) < 4.78 is 34.5. The van der Waals surface area contributed by atoms with Crippen LogP contribution in [0.2, 0.25) is 0 Å². The Labute approximate surface area is 218 Å². The molecule has 1 aliphatic heterocycles. The monoisotopic (exact) mass is 573 g/mol. The lowest BCUT2D eigenvalue weighted by atomic mass is 9.98. The highest BCUT2D eigenvalue weighted by molar-refractivity contribution is 7.84. The molecule has 2 amide bonds. The van der Waals surface area contributed by atoms with E-state index in [1.807, 2.05) is 0 Å². The Morgan fingerprint density at radius 2 is 2.03 bits per heavy atom. The molecule has 206 valence electrons. The summed E-state index contributed by atoms with van der Waals surface area (Å²) in [7, 11) is -5.01. The number of nitrogens with one attached hydrogen (secondary N) is 1. The Bertz CT molecular complexity index is 1410. The summed E-state index contributed by atoms with van der Waals surface area (Å²) in [5.41, 5.74) is 14.0. The van der Waals surface area contributed by atoms with Crippen LogP contribution in [0.5, 0.6) is 0 Å². The van der Waals surface area contributed by atoms with Gasteiger partial charge in [0.15, 0.2) is 16.8 Å². The number of oxime groups is 1. The van der Waals surface area contributed by atoms with Gasteiger partial charge in [0, 0.05) is 5.38 Å². The van der Waals surface area contributed by atoms with Gasteiger partial charge in [-0.3, -0.25) is 14.1 Å². The van der Waals surface area contributed by atoms with Crippen molar-refractivity contribution in [3.05, 3.63) is 23.0 Å². The number of carboxylic acids is 1. The number of nitrogen functional groups attached to an aromatic ring is 1. The molecule has 3 heterocycles. The normalized spacial score (nSPS) is 18.0. The first-order valence-electron chi connectivity index (χ1n) is 10.4. The number of thiazole rings is 1. The quantitative estimate of drug-likeness (QED) is 0.0509. The van der Waals surface area contributed by atoms with Crippen LogP contribution in [-0.2, 0) is 42.6 Å². The first-order chi connectivity index (χ1) is 17.6. The summed E-state index contributed by atoms with van der Waals surface area (Å²) in [4.78, 5) is 49.7. The third kappa shape index (κ3) is 6.30. The summed E-state index contributed by atoms with van der Waals surface area (Å²) in [6.45, 7) is 2.00. The van der Waals surface area contributed by atoms with Crippen LogP contribution in [0.25, 0.3) is 0 Å². The number of amides is 2. The predicted molar refractivity (Wildman–Crippen MR) is 130 cm³/mol. The van der Waals surface area contributed by atoms with E-state index in [1.54, 1.807) is 0 Å². The largest absolute Gasteiger partial charge is 0.478 e. The minimum atomic E-state index is -5.01. The van der Waals surface area contributed by atoms with Gasteiger partial charge < -0.3 is 32.5 Å². The molecule has 0 radical (unpaired) electrons. The van der Waals surface area contributed by atoms with E-state index in [-0.39, 0.29) is 34.2 Å². The Morgan fingerprint density at radius 3 is 2.58 bits per heavy atom. The highest BCUT2D eigenvalue weighted by atomic mass is 32.2. The second-order valence-corrected chi connectivity index (χ2v) is 10.4. The lowest BCUT2D eigenvalue weighted by Gasteiger charge is -2.43. The van der Waals surface area contributed by atoms with Gasteiger partial charge in [0.05, 0.1) is 25.3 Å². The highest BCUT2D eigenvalue weighted by Gasteiger charge is 2.54. The van der Waals surface area contributed by atoms with E-state index in [1.165, 1.54) is 25.4 Å². The smallest absolute Gasteiger partial charge is 0.362 e. The fraction of sp³-hybridized carbons (Fsp3) is 0.412. The van der Waals surface area contributed by atoms with Gasteiger partial charge in [-0.2, -0.15) is 8.42 Å². The molecule has 3 rings (SSSR count). The fourth-order valence-electron chi connectivity index (χ4n) is 3.01. The molecule has 1 aliphatic rings. The van der Waals surface area contributed by atoms with E-state index >= 15 is 0 Å². The van der Waals surface area contributed by atoms with E-state index in [4.69, 9.17) is 22.0 Å². The number of nitrogens with two attached hydrogens (primary N) is 3. The standard InChI is InChI=1S/C17H23N11O8S2/c1-17(2,14(31)32)36-25-10(8-6-37-16(20)22-8)12(29)23-11-9(28(13(11)30)38(33,34)35)5-27-4-7(24-26-27)3-21-15(18)19/h4,6,9,11H,3,5H2,1-2H3,(H2,20,22)(H,23,29)(H,31,32)(H4,18,19,21)(H,33,34,35)/t9-,11-/m0/s1. The molecular formula is C17H23N11O8S2. The molecule has 2 aromatic rings. The zero-order valence-electron chi connectivity index (χ0n) is 19.7. The summed E-state index contributed by atoms with van der Waals surface area (Å²) in [6.07, 6.45) is 1.36. The summed E-state index contributed by atoms with van der Waals surface area (Å²) in [5, 5.41) is 24.2. The van der Waals surface area contributed by atoms with Crippen molar-refractivity contribution in [3.8, 4) is 0 Å². The zero-order chi connectivity index (χ0) is 28.4. The van der Waals surface area contributed by atoms with Crippen molar-refractivity contribution in [1.29, 1.82) is 0 Å². The molecule has 21 heteroatoms. The highest BCUT2D eigenvalue weighted by Crippen LogP contribution is 2.25. The molecule has 2 aromatic heterocycles. The van der Waals surface area contributed by atoms with E-state index in [0.29, 0.717) is 5.69 Å². The van der Waals surface area contributed by atoms with E-state index < -0.39 is 51.5 Å². The van der Waals surface area contributed by atoms with E-state index in [2.05, 4.69) is 30.8 Å². The third-order valence-corrected chi connectivity index (χ3v) is 6.57. The zero-order valence-corrected chi connectivity index (χ0v) is 21.4. The number of rotatable bonds is 11. The van der Waals surface area contributed by atoms with Crippen molar-refractivity contribution in [1.82, 2.24) is 29.6 Å². The number of carbonyl (C=O) groups excluding carboxylic acids is 2. The van der Waals surface area contributed by atoms with Gasteiger partial charge in [0.2, 0.25) is 5.60 Å². The molecule has 0 aliphatic carbocycles. The van der Waals surface area contributed by atoms with Crippen LogP contribution in [0, 0.1) is 0 Å². The molecule has 0 saturated carbocycles. The Balaban J connectivity index is 1.87. The Hall–Kier alpha value is -4.37. The second-order valence-electron chi connectivity index (χ2n) is 8.22. The minimum Gasteiger partial charge on any atom is -0.478 e. The predicted octanol–water partition coefficient (Wildman–Crippen LogP) is -3.13. The molecule has 0 aromatic carbocycles. The number of β-lactam (4-membered cyclic amide) rings is 1. The summed E-state index contributed by atoms with van der Waals surface area (Å²) in [5.74, 6) is -3.80. The van der Waals surface area contributed by atoms with Crippen LogP contribution in [-0.4, -0.2) is 89.5 Å². The second kappa shape index (κ2) is 10.5. The van der Waals surface area contributed by atoms with Crippen LogP contribution >= 0.6 is 11.3 Å².